The molecule has 2 aliphatic heterocycles. The summed E-state index contributed by atoms with van der Waals surface area (Å²) in [6, 6.07) is 0. The normalized spacial score (nSPS) is 26.3. The van der Waals surface area contributed by atoms with Gasteiger partial charge < -0.3 is 5.32 Å². The van der Waals surface area contributed by atoms with Crippen LogP contribution < -0.4 is 5.32 Å². The van der Waals surface area contributed by atoms with Crippen LogP contribution in [-0.4, -0.2) is 28.2 Å². The number of thioether (sulfide) groups is 1. The van der Waals surface area contributed by atoms with Crippen molar-refractivity contribution in [2.45, 2.75) is 31.7 Å². The molecular weight excluding hydrogens is 206 g/mol. The number of hydrogen-bond donors (Lipinski definition) is 2. The molecule has 0 aromatic carbocycles. The van der Waals surface area contributed by atoms with Crippen LogP contribution in [0.4, 0.5) is 0 Å². The molecule has 0 spiro atoms. The fourth-order valence-electron chi connectivity index (χ4n) is 2.56. The van der Waals surface area contributed by atoms with Gasteiger partial charge in [-0.3, -0.25) is 5.10 Å². The molecule has 0 aliphatic carbocycles. The highest BCUT2D eigenvalue weighted by molar-refractivity contribution is 7.99. The summed E-state index contributed by atoms with van der Waals surface area (Å²) in [5.41, 5.74) is 4.21. The average Bonchev–Trinajstić information content (AvgIpc) is 2.74. The number of nitrogens with zero attached hydrogens (tertiary/aromatic N) is 1. The van der Waals surface area contributed by atoms with Crippen molar-refractivity contribution >= 4 is 11.8 Å². The first-order valence-electron chi connectivity index (χ1n) is 5.79. The van der Waals surface area contributed by atoms with Crippen molar-refractivity contribution in [1.29, 1.82) is 0 Å². The monoisotopic (exact) mass is 223 g/mol. The lowest BCUT2D eigenvalue weighted by Gasteiger charge is -2.22. The minimum absolute atomic E-state index is 0.710. The van der Waals surface area contributed by atoms with Crippen molar-refractivity contribution in [1.82, 2.24) is 15.5 Å². The van der Waals surface area contributed by atoms with Crippen LogP contribution in [0.5, 0.6) is 0 Å². The fraction of sp³-hybridized carbons (Fsp3) is 0.727. The Morgan fingerprint density at radius 3 is 3.27 bits per heavy atom. The molecule has 1 fully saturated rings. The van der Waals surface area contributed by atoms with E-state index in [1.165, 1.54) is 41.3 Å². The highest BCUT2D eigenvalue weighted by Gasteiger charge is 2.24. The van der Waals surface area contributed by atoms with Gasteiger partial charge in [0.05, 0.1) is 11.4 Å². The molecule has 3 nitrogen and oxygen atoms in total. The summed E-state index contributed by atoms with van der Waals surface area (Å²) in [7, 11) is 0. The molecule has 2 aliphatic rings. The summed E-state index contributed by atoms with van der Waals surface area (Å²) in [4.78, 5) is 0. The summed E-state index contributed by atoms with van der Waals surface area (Å²) < 4.78 is 0. The van der Waals surface area contributed by atoms with Crippen LogP contribution in [0.15, 0.2) is 0 Å². The van der Waals surface area contributed by atoms with Gasteiger partial charge >= 0.3 is 0 Å². The third-order valence-electron chi connectivity index (χ3n) is 3.39. The van der Waals surface area contributed by atoms with Crippen LogP contribution in [0.1, 0.15) is 35.7 Å². The van der Waals surface area contributed by atoms with Gasteiger partial charge in [-0.15, -0.1) is 0 Å². The zero-order chi connectivity index (χ0) is 10.1. The maximum absolute atomic E-state index is 4.54. The minimum Gasteiger partial charge on any atom is -0.311 e. The lowest BCUT2D eigenvalue weighted by molar-refractivity contribution is 0.613. The Labute approximate surface area is 94.4 Å². The second-order valence-electron chi connectivity index (χ2n) is 4.41. The number of nitrogens with one attached hydrogen (secondary N) is 2. The summed E-state index contributed by atoms with van der Waals surface area (Å²) >= 11 is 2.08. The summed E-state index contributed by atoms with van der Waals surface area (Å²) in [6.45, 7) is 2.08. The average molecular weight is 223 g/mol. The van der Waals surface area contributed by atoms with Gasteiger partial charge in [0, 0.05) is 18.2 Å². The first-order valence-corrected chi connectivity index (χ1v) is 6.95. The van der Waals surface area contributed by atoms with E-state index in [1.807, 2.05) is 0 Å². The number of rotatable bonds is 1. The van der Waals surface area contributed by atoms with E-state index in [0.717, 1.165) is 19.5 Å². The van der Waals surface area contributed by atoms with E-state index in [4.69, 9.17) is 0 Å². The first-order chi connectivity index (χ1) is 7.45. The van der Waals surface area contributed by atoms with Crippen molar-refractivity contribution in [2.75, 3.05) is 18.1 Å². The van der Waals surface area contributed by atoms with E-state index in [0.29, 0.717) is 5.92 Å². The SMILES string of the molecule is C1CSCC(c2n[nH]c3c2CCNC3)C1. The predicted molar refractivity (Wildman–Crippen MR) is 63.3 cm³/mol. The van der Waals surface area contributed by atoms with Crippen LogP contribution in [-0.2, 0) is 13.0 Å². The smallest absolute Gasteiger partial charge is 0.0697 e. The predicted octanol–water partition coefficient (Wildman–Crippen LogP) is 1.67. The van der Waals surface area contributed by atoms with Crippen LogP contribution in [0.2, 0.25) is 0 Å². The Bertz CT molecular complexity index is 342. The van der Waals surface area contributed by atoms with Crippen LogP contribution in [0, 0.1) is 0 Å². The van der Waals surface area contributed by atoms with Gasteiger partial charge in [-0.1, -0.05) is 0 Å². The lowest BCUT2D eigenvalue weighted by atomic mass is 9.94. The summed E-state index contributed by atoms with van der Waals surface area (Å²) in [5.74, 6) is 3.32. The standard InChI is InChI=1S/C11H17N3S/c1-2-8(7-15-5-1)11-9-3-4-12-6-10(9)13-14-11/h8,12H,1-7H2,(H,13,14). The lowest BCUT2D eigenvalue weighted by Crippen LogP contribution is -2.24. The Hall–Kier alpha value is -0.480. The summed E-state index contributed by atoms with van der Waals surface area (Å²) in [5, 5.41) is 11.1. The largest absolute Gasteiger partial charge is 0.311 e. The molecule has 15 heavy (non-hydrogen) atoms. The molecule has 1 aromatic heterocycles. The molecule has 3 heterocycles. The molecule has 0 saturated carbocycles. The fourth-order valence-corrected chi connectivity index (χ4v) is 3.71. The molecule has 1 unspecified atom stereocenters. The number of fused-ring (bicyclic) bond motifs is 1. The Morgan fingerprint density at radius 1 is 1.40 bits per heavy atom. The van der Waals surface area contributed by atoms with Crippen LogP contribution in [0.25, 0.3) is 0 Å². The highest BCUT2D eigenvalue weighted by Crippen LogP contribution is 2.33. The minimum atomic E-state index is 0.710. The molecule has 82 valence electrons. The van der Waals surface area contributed by atoms with Crippen molar-refractivity contribution in [3.63, 3.8) is 0 Å². The van der Waals surface area contributed by atoms with E-state index in [9.17, 15) is 0 Å². The quantitative estimate of drug-likeness (QED) is 0.761. The first kappa shape index (κ1) is 9.73. The van der Waals surface area contributed by atoms with E-state index >= 15 is 0 Å². The molecule has 1 saturated heterocycles. The van der Waals surface area contributed by atoms with E-state index in [1.54, 1.807) is 0 Å². The van der Waals surface area contributed by atoms with E-state index in [2.05, 4.69) is 27.3 Å². The molecule has 3 rings (SSSR count). The Morgan fingerprint density at radius 2 is 2.40 bits per heavy atom. The molecule has 0 amide bonds. The van der Waals surface area contributed by atoms with Gasteiger partial charge in [-0.05, 0) is 37.1 Å². The van der Waals surface area contributed by atoms with E-state index in [-0.39, 0.29) is 0 Å². The van der Waals surface area contributed by atoms with Gasteiger partial charge in [0.1, 0.15) is 0 Å². The Kier molecular flexibility index (Phi) is 2.71. The third kappa shape index (κ3) is 1.81. The summed E-state index contributed by atoms with van der Waals surface area (Å²) in [6.07, 6.45) is 3.84. The van der Waals surface area contributed by atoms with E-state index < -0.39 is 0 Å². The van der Waals surface area contributed by atoms with Gasteiger partial charge in [-0.2, -0.15) is 16.9 Å². The molecule has 1 atom stereocenters. The number of aromatic nitrogens is 2. The van der Waals surface area contributed by atoms with Gasteiger partial charge in [-0.25, -0.2) is 0 Å². The molecule has 1 aromatic rings. The van der Waals surface area contributed by atoms with Crippen molar-refractivity contribution in [2.24, 2.45) is 0 Å². The maximum Gasteiger partial charge on any atom is 0.0697 e. The van der Waals surface area contributed by atoms with Gasteiger partial charge in [0.25, 0.3) is 0 Å². The second-order valence-corrected chi connectivity index (χ2v) is 5.56. The number of hydrogen-bond acceptors (Lipinski definition) is 3. The number of aromatic amines is 1. The highest BCUT2D eigenvalue weighted by atomic mass is 32.2. The molecule has 2 N–H and O–H groups in total. The van der Waals surface area contributed by atoms with Gasteiger partial charge in [0.15, 0.2) is 0 Å². The second kappa shape index (κ2) is 4.18. The zero-order valence-electron chi connectivity index (χ0n) is 8.88. The van der Waals surface area contributed by atoms with Crippen LogP contribution >= 0.6 is 11.8 Å². The van der Waals surface area contributed by atoms with Crippen molar-refractivity contribution in [3.05, 3.63) is 17.0 Å². The van der Waals surface area contributed by atoms with Gasteiger partial charge in [0.2, 0.25) is 0 Å². The molecule has 0 radical (unpaired) electrons. The molecule has 4 heteroatoms. The maximum atomic E-state index is 4.54. The molecular formula is C11H17N3S. The molecule has 0 bridgehead atoms. The van der Waals surface area contributed by atoms with Crippen LogP contribution in [0.3, 0.4) is 0 Å². The zero-order valence-corrected chi connectivity index (χ0v) is 9.70. The Balaban J connectivity index is 1.87. The number of H-pyrrole nitrogens is 1. The van der Waals surface area contributed by atoms with Crippen molar-refractivity contribution in [3.8, 4) is 0 Å². The van der Waals surface area contributed by atoms with Crippen molar-refractivity contribution < 1.29 is 0 Å². The third-order valence-corrected chi connectivity index (χ3v) is 4.60. The topological polar surface area (TPSA) is 40.7 Å².